The quantitative estimate of drug-likeness (QED) is 0.641. The van der Waals surface area contributed by atoms with Gasteiger partial charge in [-0.1, -0.05) is 15.9 Å². The second kappa shape index (κ2) is 8.43. The summed E-state index contributed by atoms with van der Waals surface area (Å²) >= 11 is 3.47. The van der Waals surface area contributed by atoms with Gasteiger partial charge in [-0.15, -0.1) is 0 Å². The second-order valence-corrected chi connectivity index (χ2v) is 8.31. The lowest BCUT2D eigenvalue weighted by atomic mass is 9.96. The molecule has 1 aromatic carbocycles. The van der Waals surface area contributed by atoms with Gasteiger partial charge in [0.2, 0.25) is 5.95 Å². The molecule has 1 aliphatic rings. The van der Waals surface area contributed by atoms with Crippen LogP contribution in [0.25, 0.3) is 0 Å². The first kappa shape index (κ1) is 20.5. The zero-order valence-corrected chi connectivity index (χ0v) is 17.7. The van der Waals surface area contributed by atoms with Gasteiger partial charge in [-0.05, 0) is 51.0 Å². The Morgan fingerprint density at radius 3 is 2.89 bits per heavy atom. The lowest BCUT2D eigenvalue weighted by molar-refractivity contribution is 0.0698. The van der Waals surface area contributed by atoms with Crippen molar-refractivity contribution in [2.24, 2.45) is 5.92 Å². The molecule has 7 nitrogen and oxygen atoms in total. The Balaban J connectivity index is 1.81. The van der Waals surface area contributed by atoms with Crippen LogP contribution < -0.4 is 10.6 Å². The van der Waals surface area contributed by atoms with Crippen molar-refractivity contribution in [3.05, 3.63) is 40.0 Å². The van der Waals surface area contributed by atoms with Crippen LogP contribution in [0, 0.1) is 24.2 Å². The molecule has 2 unspecified atom stereocenters. The van der Waals surface area contributed by atoms with E-state index in [1.165, 1.54) is 0 Å². The fourth-order valence-electron chi connectivity index (χ4n) is 3.06. The first-order valence-electron chi connectivity index (χ1n) is 9.15. The van der Waals surface area contributed by atoms with E-state index in [0.29, 0.717) is 31.4 Å². The summed E-state index contributed by atoms with van der Waals surface area (Å²) in [5.74, 6) is 0.996. The molecular weight excluding hydrogens is 422 g/mol. The number of benzene rings is 1. The molecule has 28 heavy (non-hydrogen) atoms. The number of hydrogen-bond donors (Lipinski definition) is 3. The number of anilines is 3. The molecular formula is C20H24BrN5O2. The maximum atomic E-state index is 10.3. The molecule has 1 aliphatic heterocycles. The number of aryl methyl sites for hydroxylation is 1. The van der Waals surface area contributed by atoms with Gasteiger partial charge in [-0.25, -0.2) is 4.98 Å². The first-order valence-corrected chi connectivity index (χ1v) is 9.94. The number of nitriles is 1. The highest BCUT2D eigenvalue weighted by molar-refractivity contribution is 9.10. The average molecular weight is 446 g/mol. The summed E-state index contributed by atoms with van der Waals surface area (Å²) in [5, 5.41) is 26.2. The van der Waals surface area contributed by atoms with Crippen molar-refractivity contribution in [2.45, 2.75) is 38.8 Å². The van der Waals surface area contributed by atoms with E-state index in [9.17, 15) is 10.4 Å². The Morgan fingerprint density at radius 2 is 2.18 bits per heavy atom. The smallest absolute Gasteiger partial charge is 0.229 e. The van der Waals surface area contributed by atoms with E-state index in [1.54, 1.807) is 20.0 Å². The number of aromatic nitrogens is 2. The number of nitrogens with one attached hydrogen (secondary N) is 2. The van der Waals surface area contributed by atoms with Crippen molar-refractivity contribution >= 4 is 33.4 Å². The normalized spacial score (nSPS) is 19.7. The molecule has 1 aromatic heterocycles. The van der Waals surface area contributed by atoms with Gasteiger partial charge in [0.05, 0.1) is 30.2 Å². The molecule has 3 rings (SSSR count). The minimum atomic E-state index is -0.981. The Bertz CT molecular complexity index is 891. The van der Waals surface area contributed by atoms with E-state index in [2.05, 4.69) is 42.6 Å². The van der Waals surface area contributed by atoms with Crippen LogP contribution in [0.2, 0.25) is 0 Å². The van der Waals surface area contributed by atoms with Gasteiger partial charge < -0.3 is 20.5 Å². The standard InChI is InChI=1S/C20H24BrN5O2/c1-12-10-23-19(24-14-4-5-16(21)15(8-14)20(2,3)27)26-18(12)25-17-11-28-7-6-13(17)9-22/h4-5,8,10,13,17,27H,6-7,11H2,1-3H3,(H2,23,24,25,26). The third-order valence-corrected chi connectivity index (χ3v) is 5.39. The molecule has 1 saturated heterocycles. The van der Waals surface area contributed by atoms with Crippen LogP contribution in [0.4, 0.5) is 17.5 Å². The van der Waals surface area contributed by atoms with E-state index in [1.807, 2.05) is 25.1 Å². The van der Waals surface area contributed by atoms with Gasteiger partial charge in [0.25, 0.3) is 0 Å². The maximum Gasteiger partial charge on any atom is 0.229 e. The molecule has 2 aromatic rings. The monoisotopic (exact) mass is 445 g/mol. The largest absolute Gasteiger partial charge is 0.386 e. The van der Waals surface area contributed by atoms with E-state index in [4.69, 9.17) is 4.74 Å². The Kier molecular flexibility index (Phi) is 6.18. The van der Waals surface area contributed by atoms with E-state index < -0.39 is 5.60 Å². The van der Waals surface area contributed by atoms with Gasteiger partial charge in [0.1, 0.15) is 5.82 Å². The van der Waals surface area contributed by atoms with Crippen LogP contribution in [0.15, 0.2) is 28.9 Å². The fourth-order valence-corrected chi connectivity index (χ4v) is 3.79. The van der Waals surface area contributed by atoms with Crippen LogP contribution in [-0.2, 0) is 10.3 Å². The number of ether oxygens (including phenoxy) is 1. The highest BCUT2D eigenvalue weighted by Gasteiger charge is 2.26. The van der Waals surface area contributed by atoms with Crippen LogP contribution >= 0.6 is 15.9 Å². The summed E-state index contributed by atoms with van der Waals surface area (Å²) < 4.78 is 6.34. The zero-order chi connectivity index (χ0) is 20.3. The molecule has 0 amide bonds. The Morgan fingerprint density at radius 1 is 1.39 bits per heavy atom. The number of nitrogens with zero attached hydrogens (tertiary/aromatic N) is 3. The molecule has 1 fully saturated rings. The van der Waals surface area contributed by atoms with E-state index in [0.717, 1.165) is 21.3 Å². The van der Waals surface area contributed by atoms with Gasteiger partial charge in [0, 0.05) is 28.5 Å². The molecule has 0 saturated carbocycles. The number of rotatable bonds is 5. The van der Waals surface area contributed by atoms with Crippen LogP contribution in [0.5, 0.6) is 0 Å². The molecule has 2 heterocycles. The summed E-state index contributed by atoms with van der Waals surface area (Å²) in [6.45, 7) is 6.48. The molecule has 3 N–H and O–H groups in total. The minimum Gasteiger partial charge on any atom is -0.386 e. The van der Waals surface area contributed by atoms with Crippen LogP contribution in [0.3, 0.4) is 0 Å². The summed E-state index contributed by atoms with van der Waals surface area (Å²) in [7, 11) is 0. The van der Waals surface area contributed by atoms with Crippen molar-refractivity contribution < 1.29 is 9.84 Å². The van der Waals surface area contributed by atoms with Crippen molar-refractivity contribution in [1.29, 1.82) is 5.26 Å². The summed E-state index contributed by atoms with van der Waals surface area (Å²) in [5.41, 5.74) is 1.44. The van der Waals surface area contributed by atoms with Crippen molar-refractivity contribution in [3.8, 4) is 6.07 Å². The lowest BCUT2D eigenvalue weighted by Gasteiger charge is -2.28. The van der Waals surface area contributed by atoms with Crippen LogP contribution in [0.1, 0.15) is 31.4 Å². The highest BCUT2D eigenvalue weighted by atomic mass is 79.9. The molecule has 0 radical (unpaired) electrons. The van der Waals surface area contributed by atoms with Gasteiger partial charge in [0.15, 0.2) is 0 Å². The summed E-state index contributed by atoms with van der Waals surface area (Å²) in [6, 6.07) is 7.86. The minimum absolute atomic E-state index is 0.102. The highest BCUT2D eigenvalue weighted by Crippen LogP contribution is 2.31. The van der Waals surface area contributed by atoms with Crippen molar-refractivity contribution in [1.82, 2.24) is 9.97 Å². The SMILES string of the molecule is Cc1cnc(Nc2ccc(Br)c(C(C)(C)O)c2)nc1NC1COCCC1C#N. The average Bonchev–Trinajstić information content (AvgIpc) is 2.65. The van der Waals surface area contributed by atoms with Crippen molar-refractivity contribution in [3.63, 3.8) is 0 Å². The zero-order valence-electron chi connectivity index (χ0n) is 16.2. The Labute approximate surface area is 173 Å². The number of halogens is 1. The molecule has 2 atom stereocenters. The predicted molar refractivity (Wildman–Crippen MR) is 111 cm³/mol. The molecule has 0 spiro atoms. The van der Waals surface area contributed by atoms with Gasteiger partial charge in [-0.3, -0.25) is 0 Å². The van der Waals surface area contributed by atoms with E-state index in [-0.39, 0.29) is 12.0 Å². The Hall–Kier alpha value is -2.21. The molecule has 8 heteroatoms. The summed E-state index contributed by atoms with van der Waals surface area (Å²) in [6.07, 6.45) is 2.44. The van der Waals surface area contributed by atoms with Gasteiger partial charge >= 0.3 is 0 Å². The lowest BCUT2D eigenvalue weighted by Crippen LogP contribution is -2.38. The maximum absolute atomic E-state index is 10.3. The van der Waals surface area contributed by atoms with Gasteiger partial charge in [-0.2, -0.15) is 10.2 Å². The first-order chi connectivity index (χ1) is 13.3. The summed E-state index contributed by atoms with van der Waals surface area (Å²) in [4.78, 5) is 8.92. The van der Waals surface area contributed by atoms with Crippen molar-refractivity contribution in [2.75, 3.05) is 23.8 Å². The third-order valence-electron chi connectivity index (χ3n) is 4.70. The number of aliphatic hydroxyl groups is 1. The van der Waals surface area contributed by atoms with Crippen LogP contribution in [-0.4, -0.2) is 34.3 Å². The topological polar surface area (TPSA) is 103 Å². The fraction of sp³-hybridized carbons (Fsp3) is 0.450. The number of hydrogen-bond acceptors (Lipinski definition) is 7. The predicted octanol–water partition coefficient (Wildman–Crippen LogP) is 3.86. The second-order valence-electron chi connectivity index (χ2n) is 7.45. The molecule has 0 aliphatic carbocycles. The van der Waals surface area contributed by atoms with E-state index >= 15 is 0 Å². The third kappa shape index (κ3) is 4.79. The molecule has 148 valence electrons. The molecule has 0 bridgehead atoms.